The zero-order valence-electron chi connectivity index (χ0n) is 6.65. The summed E-state index contributed by atoms with van der Waals surface area (Å²) in [5.74, 6) is 0. The van der Waals surface area contributed by atoms with Gasteiger partial charge in [0.15, 0.2) is 6.29 Å². The van der Waals surface area contributed by atoms with Gasteiger partial charge in [-0.15, -0.1) is 0 Å². The molecule has 0 saturated heterocycles. The van der Waals surface area contributed by atoms with E-state index in [4.69, 9.17) is 25.5 Å². The minimum atomic E-state index is -1.79. The quantitative estimate of drug-likeness (QED) is 0.316. The second kappa shape index (κ2) is 7.25. The topological polar surface area (TPSA) is 118 Å². The number of carbonyl (C=O) groups is 1. The number of carbonyl (C=O) groups excluding carboxylic acids is 1. The van der Waals surface area contributed by atoms with E-state index in [1.165, 1.54) is 0 Å². The third-order valence-corrected chi connectivity index (χ3v) is 1.42. The van der Waals surface area contributed by atoms with Crippen LogP contribution in [0.15, 0.2) is 0 Å². The number of hydrogen-bond donors (Lipinski definition) is 5. The lowest BCUT2D eigenvalue weighted by molar-refractivity contribution is -0.136. The van der Waals surface area contributed by atoms with Crippen LogP contribution in [0, 0.1) is 0 Å². The lowest BCUT2D eigenvalue weighted by Crippen LogP contribution is -2.46. The summed E-state index contributed by atoms with van der Waals surface area (Å²) in [4.78, 5) is 9.90. The molecule has 0 aromatic heterocycles. The average Bonchev–Trinajstić information content (AvgIpc) is 2.12. The van der Waals surface area contributed by atoms with Crippen molar-refractivity contribution in [3.05, 3.63) is 0 Å². The summed E-state index contributed by atoms with van der Waals surface area (Å²) < 4.78 is 0. The lowest BCUT2D eigenvalue weighted by Gasteiger charge is -2.22. The van der Waals surface area contributed by atoms with Crippen molar-refractivity contribution in [1.29, 1.82) is 0 Å². The Hall–Kier alpha value is -0.180. The predicted molar refractivity (Wildman–Crippen MR) is 44.8 cm³/mol. The molecule has 4 atom stereocenters. The average molecular weight is 212 g/mol. The third kappa shape index (κ3) is 4.55. The summed E-state index contributed by atoms with van der Waals surface area (Å²) in [5.41, 5.74) is 0. The molecule has 0 unspecified atom stereocenters. The second-order valence-electron chi connectivity index (χ2n) is 2.36. The van der Waals surface area contributed by atoms with Crippen LogP contribution in [-0.2, 0) is 4.79 Å². The van der Waals surface area contributed by atoms with Crippen molar-refractivity contribution in [2.24, 2.45) is 0 Å². The standard InChI is InChI=1S/C6H12O6.S/c7-1-3(9)5(11)6(12)4(10)2-8;/h1,3-6,8-12H,2H2;/t3-,4+,5+,6+;/m0./s1. The molecule has 13 heavy (non-hydrogen) atoms. The Morgan fingerprint density at radius 3 is 1.85 bits per heavy atom. The number of rotatable bonds is 5. The highest BCUT2D eigenvalue weighted by Crippen LogP contribution is 2.02. The normalized spacial score (nSPS) is 19.5. The molecule has 0 fully saturated rings. The van der Waals surface area contributed by atoms with Crippen LogP contribution in [0.5, 0.6) is 0 Å². The predicted octanol–water partition coefficient (Wildman–Crippen LogP) is -2.73. The smallest absolute Gasteiger partial charge is 0.151 e. The summed E-state index contributed by atoms with van der Waals surface area (Å²) in [6.07, 6.45) is -6.84. The monoisotopic (exact) mass is 212 g/mol. The summed E-state index contributed by atoms with van der Waals surface area (Å²) >= 11 is 0. The van der Waals surface area contributed by atoms with Crippen LogP contribution in [0.1, 0.15) is 0 Å². The summed E-state index contributed by atoms with van der Waals surface area (Å²) in [6, 6.07) is 0. The Bertz CT molecular complexity index is 143. The van der Waals surface area contributed by atoms with Crippen LogP contribution in [0.25, 0.3) is 0 Å². The Labute approximate surface area is 81.9 Å². The van der Waals surface area contributed by atoms with Gasteiger partial charge in [-0.3, -0.25) is 0 Å². The van der Waals surface area contributed by atoms with Gasteiger partial charge >= 0.3 is 0 Å². The Kier molecular flexibility index (Phi) is 8.53. The maximum absolute atomic E-state index is 9.90. The Balaban J connectivity index is 0. The van der Waals surface area contributed by atoms with Gasteiger partial charge in [-0.2, -0.15) is 0 Å². The highest BCUT2D eigenvalue weighted by molar-refractivity contribution is 7.59. The molecule has 78 valence electrons. The van der Waals surface area contributed by atoms with E-state index in [1.54, 1.807) is 0 Å². The maximum Gasteiger partial charge on any atom is 0.151 e. The van der Waals surface area contributed by atoms with Crippen molar-refractivity contribution in [2.75, 3.05) is 6.61 Å². The molecule has 0 aliphatic rings. The Morgan fingerprint density at radius 2 is 1.54 bits per heavy atom. The molecule has 0 rings (SSSR count). The van der Waals surface area contributed by atoms with Gasteiger partial charge in [0.05, 0.1) is 6.61 Å². The van der Waals surface area contributed by atoms with E-state index in [9.17, 15) is 4.79 Å². The van der Waals surface area contributed by atoms with E-state index in [2.05, 4.69) is 0 Å². The molecule has 7 heteroatoms. The van der Waals surface area contributed by atoms with Crippen molar-refractivity contribution in [1.82, 2.24) is 0 Å². The van der Waals surface area contributed by atoms with E-state index < -0.39 is 31.0 Å². The van der Waals surface area contributed by atoms with E-state index in [1.807, 2.05) is 0 Å². The van der Waals surface area contributed by atoms with Crippen LogP contribution in [-0.4, -0.2) is 62.8 Å². The van der Waals surface area contributed by atoms with Crippen molar-refractivity contribution in [3.63, 3.8) is 0 Å². The molecule has 6 nitrogen and oxygen atoms in total. The van der Waals surface area contributed by atoms with Gasteiger partial charge < -0.3 is 30.3 Å². The zero-order chi connectivity index (χ0) is 9.72. The van der Waals surface area contributed by atoms with Crippen LogP contribution in [0.2, 0.25) is 0 Å². The maximum atomic E-state index is 9.90. The summed E-state index contributed by atoms with van der Waals surface area (Å²) in [5, 5.41) is 43.5. The molecule has 0 amide bonds. The van der Waals surface area contributed by atoms with Crippen molar-refractivity contribution in [2.45, 2.75) is 24.4 Å². The minimum absolute atomic E-state index is 0. The van der Waals surface area contributed by atoms with E-state index >= 15 is 0 Å². The second-order valence-corrected chi connectivity index (χ2v) is 2.36. The lowest BCUT2D eigenvalue weighted by atomic mass is 10.0. The molecule has 0 aliphatic heterocycles. The first kappa shape index (κ1) is 15.3. The van der Waals surface area contributed by atoms with Gasteiger partial charge in [-0.25, -0.2) is 0 Å². The molecule has 0 spiro atoms. The highest BCUT2D eigenvalue weighted by atomic mass is 32.1. The zero-order valence-corrected chi connectivity index (χ0v) is 7.46. The first-order chi connectivity index (χ1) is 5.54. The van der Waals surface area contributed by atoms with Crippen molar-refractivity contribution in [3.8, 4) is 0 Å². The van der Waals surface area contributed by atoms with E-state index in [0.29, 0.717) is 0 Å². The van der Waals surface area contributed by atoms with E-state index in [0.717, 1.165) is 0 Å². The Morgan fingerprint density at radius 1 is 1.08 bits per heavy atom. The molecule has 0 saturated carbocycles. The summed E-state index contributed by atoms with van der Waals surface area (Å²) in [6.45, 7) is -0.760. The molecule has 2 radical (unpaired) electrons. The third-order valence-electron chi connectivity index (χ3n) is 1.42. The molecule has 0 aromatic carbocycles. The molecule has 0 aliphatic carbocycles. The molecule has 0 heterocycles. The SMILES string of the molecule is O=C[C@H](O)[C@@H](O)[C@H](O)[C@H](O)CO.[S]. The van der Waals surface area contributed by atoms with Crippen molar-refractivity contribution < 1.29 is 30.3 Å². The largest absolute Gasteiger partial charge is 0.394 e. The van der Waals surface area contributed by atoms with Gasteiger partial charge in [0, 0.05) is 13.5 Å². The van der Waals surface area contributed by atoms with Crippen molar-refractivity contribution >= 4 is 19.8 Å². The molecular weight excluding hydrogens is 200 g/mol. The van der Waals surface area contributed by atoms with Gasteiger partial charge in [-0.1, -0.05) is 0 Å². The number of aldehydes is 1. The fraction of sp³-hybridized carbons (Fsp3) is 0.833. The first-order valence-electron chi connectivity index (χ1n) is 3.33. The van der Waals surface area contributed by atoms with Gasteiger partial charge in [0.1, 0.15) is 24.4 Å². The molecule has 5 N–H and O–H groups in total. The van der Waals surface area contributed by atoms with Crippen LogP contribution in [0.3, 0.4) is 0 Å². The highest BCUT2D eigenvalue weighted by Gasteiger charge is 2.29. The van der Waals surface area contributed by atoms with E-state index in [-0.39, 0.29) is 19.8 Å². The summed E-state index contributed by atoms with van der Waals surface area (Å²) in [7, 11) is 0. The van der Waals surface area contributed by atoms with Gasteiger partial charge in [0.2, 0.25) is 0 Å². The molecule has 0 aromatic rings. The van der Waals surface area contributed by atoms with Gasteiger partial charge in [0.25, 0.3) is 0 Å². The number of aliphatic hydroxyl groups is 5. The first-order valence-corrected chi connectivity index (χ1v) is 3.33. The number of hydrogen-bond acceptors (Lipinski definition) is 6. The van der Waals surface area contributed by atoms with Crippen LogP contribution in [0.4, 0.5) is 0 Å². The molecular formula is C6H12O6S. The van der Waals surface area contributed by atoms with Gasteiger partial charge in [-0.05, 0) is 0 Å². The van der Waals surface area contributed by atoms with Crippen LogP contribution >= 0.6 is 13.5 Å². The molecule has 0 bridgehead atoms. The van der Waals surface area contributed by atoms with Crippen LogP contribution < -0.4 is 0 Å². The number of aliphatic hydroxyl groups excluding tert-OH is 5. The fourth-order valence-electron chi connectivity index (χ4n) is 0.618. The fourth-order valence-corrected chi connectivity index (χ4v) is 0.618. The minimum Gasteiger partial charge on any atom is -0.394 e.